The molecule has 6 nitrogen and oxygen atoms in total. The number of hydrogen-bond donors (Lipinski definition) is 2. The Kier molecular flexibility index (Phi) is 2.70. The van der Waals surface area contributed by atoms with Crippen molar-refractivity contribution in [3.63, 3.8) is 0 Å². The van der Waals surface area contributed by atoms with Crippen LogP contribution in [0.1, 0.15) is 0 Å². The van der Waals surface area contributed by atoms with E-state index >= 15 is 0 Å². The summed E-state index contributed by atoms with van der Waals surface area (Å²) in [7, 11) is 0. The van der Waals surface area contributed by atoms with Gasteiger partial charge in [-0.25, -0.2) is 4.98 Å². The first-order valence-corrected chi connectivity index (χ1v) is 4.82. The van der Waals surface area contributed by atoms with Crippen LogP contribution in [0.25, 0.3) is 0 Å². The summed E-state index contributed by atoms with van der Waals surface area (Å²) in [6.07, 6.45) is 1.19. The van der Waals surface area contributed by atoms with Gasteiger partial charge in [-0.1, -0.05) is 11.6 Å². The van der Waals surface area contributed by atoms with Gasteiger partial charge >= 0.3 is 0 Å². The molecule has 0 aliphatic carbocycles. The minimum atomic E-state index is -0.520. The first-order chi connectivity index (χ1) is 7.16. The predicted octanol–water partition coefficient (Wildman–Crippen LogP) is 1.03. The molecule has 1 aromatic rings. The Bertz CT molecular complexity index is 394. The number of nitrogens with one attached hydrogen (secondary N) is 2. The summed E-state index contributed by atoms with van der Waals surface area (Å²) in [5, 5.41) is 16.9. The van der Waals surface area contributed by atoms with Crippen LogP contribution in [0.4, 0.5) is 11.5 Å². The summed E-state index contributed by atoms with van der Waals surface area (Å²) in [5.41, 5.74) is -0.0997. The number of nitrogens with zero attached hydrogens (tertiary/aromatic N) is 2. The summed E-state index contributed by atoms with van der Waals surface area (Å²) >= 11 is 5.85. The van der Waals surface area contributed by atoms with Gasteiger partial charge < -0.3 is 10.6 Å². The maximum atomic E-state index is 10.4. The van der Waals surface area contributed by atoms with Gasteiger partial charge in [-0.05, 0) is 0 Å². The molecular formula is C8H9ClN4O2. The van der Waals surface area contributed by atoms with Crippen LogP contribution in [0.5, 0.6) is 0 Å². The molecule has 1 aliphatic rings. The van der Waals surface area contributed by atoms with Crippen LogP contribution in [0, 0.1) is 10.1 Å². The van der Waals surface area contributed by atoms with Crippen LogP contribution in [0.2, 0.25) is 5.02 Å². The molecule has 2 heterocycles. The van der Waals surface area contributed by atoms with Gasteiger partial charge in [0.15, 0.2) is 0 Å². The van der Waals surface area contributed by atoms with Gasteiger partial charge in [-0.2, -0.15) is 0 Å². The number of pyridine rings is 1. The summed E-state index contributed by atoms with van der Waals surface area (Å²) in [4.78, 5) is 13.8. The molecule has 7 heteroatoms. The van der Waals surface area contributed by atoms with E-state index in [0.29, 0.717) is 11.9 Å². The van der Waals surface area contributed by atoms with E-state index in [1.54, 1.807) is 0 Å². The van der Waals surface area contributed by atoms with E-state index in [1.165, 1.54) is 12.3 Å². The molecular weight excluding hydrogens is 220 g/mol. The largest absolute Gasteiger partial charge is 0.364 e. The van der Waals surface area contributed by atoms with E-state index in [2.05, 4.69) is 15.6 Å². The molecule has 0 saturated carbocycles. The quantitative estimate of drug-likeness (QED) is 0.597. The van der Waals surface area contributed by atoms with Gasteiger partial charge in [0, 0.05) is 19.2 Å². The lowest BCUT2D eigenvalue weighted by Gasteiger charge is -2.28. The highest BCUT2D eigenvalue weighted by atomic mass is 35.5. The summed E-state index contributed by atoms with van der Waals surface area (Å²) in [5.74, 6) is 0.494. The Hall–Kier alpha value is -1.40. The molecule has 15 heavy (non-hydrogen) atoms. The molecule has 0 atom stereocenters. The summed E-state index contributed by atoms with van der Waals surface area (Å²) in [6.45, 7) is 1.71. The fraction of sp³-hybridized carbons (Fsp3) is 0.375. The summed E-state index contributed by atoms with van der Waals surface area (Å²) < 4.78 is 0. The lowest BCUT2D eigenvalue weighted by molar-refractivity contribution is -0.385. The highest BCUT2D eigenvalue weighted by molar-refractivity contribution is 6.33. The van der Waals surface area contributed by atoms with Gasteiger partial charge in [0.2, 0.25) is 0 Å². The molecule has 0 amide bonds. The van der Waals surface area contributed by atoms with Gasteiger partial charge in [-0.15, -0.1) is 0 Å². The van der Waals surface area contributed by atoms with Crippen LogP contribution in [-0.2, 0) is 0 Å². The fourth-order valence-corrected chi connectivity index (χ4v) is 1.43. The lowest BCUT2D eigenvalue weighted by Crippen LogP contribution is -2.51. The third kappa shape index (κ3) is 2.16. The van der Waals surface area contributed by atoms with E-state index < -0.39 is 4.92 Å². The van der Waals surface area contributed by atoms with E-state index in [-0.39, 0.29) is 10.7 Å². The topological polar surface area (TPSA) is 80.1 Å². The average Bonchev–Trinajstić information content (AvgIpc) is 2.12. The van der Waals surface area contributed by atoms with Crippen LogP contribution in [-0.4, -0.2) is 29.0 Å². The van der Waals surface area contributed by atoms with Crippen LogP contribution in [0.3, 0.4) is 0 Å². The molecule has 1 saturated heterocycles. The smallest absolute Gasteiger partial charge is 0.289 e. The fourth-order valence-electron chi connectivity index (χ4n) is 1.22. The molecule has 1 aromatic heterocycles. The monoisotopic (exact) mass is 228 g/mol. The van der Waals surface area contributed by atoms with Gasteiger partial charge in [0.1, 0.15) is 12.0 Å². The zero-order valence-corrected chi connectivity index (χ0v) is 8.49. The van der Waals surface area contributed by atoms with Crippen molar-refractivity contribution < 1.29 is 4.92 Å². The van der Waals surface area contributed by atoms with Crippen LogP contribution >= 0.6 is 11.6 Å². The molecule has 0 unspecified atom stereocenters. The molecule has 2 N–H and O–H groups in total. The molecule has 0 aromatic carbocycles. The Labute approximate surface area is 90.8 Å². The Morgan fingerprint density at radius 1 is 1.67 bits per heavy atom. The van der Waals surface area contributed by atoms with E-state index in [1.807, 2.05) is 0 Å². The zero-order chi connectivity index (χ0) is 10.8. The first kappa shape index (κ1) is 10.1. The predicted molar refractivity (Wildman–Crippen MR) is 56.2 cm³/mol. The molecule has 80 valence electrons. The van der Waals surface area contributed by atoms with Crippen molar-refractivity contribution >= 4 is 23.1 Å². The summed E-state index contributed by atoms with van der Waals surface area (Å²) in [6, 6.07) is 1.60. The Morgan fingerprint density at radius 2 is 2.40 bits per heavy atom. The van der Waals surface area contributed by atoms with Crippen LogP contribution in [0.15, 0.2) is 12.3 Å². The highest BCUT2D eigenvalue weighted by Gasteiger charge is 2.19. The second-order valence-electron chi connectivity index (χ2n) is 3.28. The third-order valence-electron chi connectivity index (χ3n) is 2.16. The van der Waals surface area contributed by atoms with Crippen LogP contribution < -0.4 is 10.6 Å². The van der Waals surface area contributed by atoms with Crippen molar-refractivity contribution in [2.24, 2.45) is 0 Å². The number of rotatable bonds is 3. The zero-order valence-electron chi connectivity index (χ0n) is 7.74. The second-order valence-corrected chi connectivity index (χ2v) is 3.69. The maximum Gasteiger partial charge on any atom is 0.289 e. The highest BCUT2D eigenvalue weighted by Crippen LogP contribution is 2.24. The number of halogens is 1. The van der Waals surface area contributed by atoms with Crippen molar-refractivity contribution in [2.45, 2.75) is 6.04 Å². The maximum absolute atomic E-state index is 10.4. The first-order valence-electron chi connectivity index (χ1n) is 4.44. The SMILES string of the molecule is O=[N+]([O-])c1cnc(NC2CNC2)c(Cl)c1. The van der Waals surface area contributed by atoms with Crippen molar-refractivity contribution in [1.29, 1.82) is 0 Å². The van der Waals surface area contributed by atoms with Crippen molar-refractivity contribution in [2.75, 3.05) is 18.4 Å². The normalized spacial score (nSPS) is 15.8. The molecule has 0 spiro atoms. The van der Waals surface area contributed by atoms with Crippen molar-refractivity contribution in [1.82, 2.24) is 10.3 Å². The van der Waals surface area contributed by atoms with E-state index in [4.69, 9.17) is 11.6 Å². The minimum Gasteiger partial charge on any atom is -0.364 e. The minimum absolute atomic E-state index is 0.0997. The number of anilines is 1. The Balaban J connectivity index is 2.14. The van der Waals surface area contributed by atoms with E-state index in [9.17, 15) is 10.1 Å². The number of nitro groups is 1. The second kappa shape index (κ2) is 4.00. The van der Waals surface area contributed by atoms with Crippen molar-refractivity contribution in [3.05, 3.63) is 27.4 Å². The van der Waals surface area contributed by atoms with Gasteiger partial charge in [-0.3, -0.25) is 10.1 Å². The number of hydrogen-bond acceptors (Lipinski definition) is 5. The number of aromatic nitrogens is 1. The molecule has 1 aliphatic heterocycles. The standard InChI is InChI=1S/C8H9ClN4O2/c9-7-1-6(13(14)15)4-11-8(7)12-5-2-10-3-5/h1,4-5,10H,2-3H2,(H,11,12). The van der Waals surface area contributed by atoms with Crippen molar-refractivity contribution in [3.8, 4) is 0 Å². The average molecular weight is 229 g/mol. The molecule has 0 bridgehead atoms. The van der Waals surface area contributed by atoms with Gasteiger partial charge in [0.05, 0.1) is 16.0 Å². The van der Waals surface area contributed by atoms with E-state index in [0.717, 1.165) is 13.1 Å². The molecule has 0 radical (unpaired) electrons. The molecule has 1 fully saturated rings. The molecule has 2 rings (SSSR count). The Morgan fingerprint density at radius 3 is 2.87 bits per heavy atom. The van der Waals surface area contributed by atoms with Gasteiger partial charge in [0.25, 0.3) is 5.69 Å². The third-order valence-corrected chi connectivity index (χ3v) is 2.45. The lowest BCUT2D eigenvalue weighted by atomic mass is 10.2.